The topological polar surface area (TPSA) is 52.9 Å². The molecule has 1 heterocycles. The molecule has 0 unspecified atom stereocenters. The van der Waals surface area contributed by atoms with Gasteiger partial charge in [-0.1, -0.05) is 18.2 Å². The number of hydrogen-bond donors (Lipinski definition) is 1. The number of amides is 1. The first-order valence-electron chi connectivity index (χ1n) is 5.95. The molecule has 1 N–H and O–H groups in total. The molecule has 1 amide bonds. The van der Waals surface area contributed by atoms with Crippen LogP contribution in [0.2, 0.25) is 0 Å². The van der Waals surface area contributed by atoms with Crippen LogP contribution < -0.4 is 5.32 Å². The van der Waals surface area contributed by atoms with Crippen molar-refractivity contribution in [1.29, 1.82) is 5.26 Å². The fourth-order valence-electron chi connectivity index (χ4n) is 1.71. The summed E-state index contributed by atoms with van der Waals surface area (Å²) in [6, 6.07) is 12.0. The highest BCUT2D eigenvalue weighted by molar-refractivity contribution is 7.20. The van der Waals surface area contributed by atoms with Crippen LogP contribution >= 0.6 is 11.3 Å². The van der Waals surface area contributed by atoms with Crippen LogP contribution in [0.5, 0.6) is 0 Å². The second-order valence-electron chi connectivity index (χ2n) is 4.02. The molecule has 0 saturated heterocycles. The third-order valence-electron chi connectivity index (χ3n) is 2.65. The van der Waals surface area contributed by atoms with Gasteiger partial charge >= 0.3 is 0 Å². The van der Waals surface area contributed by atoms with E-state index in [1.165, 1.54) is 11.3 Å². The van der Waals surface area contributed by atoms with Crippen molar-refractivity contribution in [3.05, 3.63) is 35.2 Å². The Kier molecular flexibility index (Phi) is 4.32. The predicted molar refractivity (Wildman–Crippen MR) is 73.6 cm³/mol. The fraction of sp³-hybridized carbons (Fsp3) is 0.286. The van der Waals surface area contributed by atoms with Gasteiger partial charge in [-0.2, -0.15) is 5.26 Å². The summed E-state index contributed by atoms with van der Waals surface area (Å²) >= 11 is 1.51. The van der Waals surface area contributed by atoms with Gasteiger partial charge in [0.1, 0.15) is 0 Å². The molecular formula is C14H14N2OS. The highest BCUT2D eigenvalue weighted by Crippen LogP contribution is 2.24. The van der Waals surface area contributed by atoms with Gasteiger partial charge in [-0.15, -0.1) is 11.3 Å². The summed E-state index contributed by atoms with van der Waals surface area (Å²) in [4.78, 5) is 12.6. The summed E-state index contributed by atoms with van der Waals surface area (Å²) in [7, 11) is 0. The smallest absolute Gasteiger partial charge is 0.261 e. The number of hydrogen-bond acceptors (Lipinski definition) is 3. The Hall–Kier alpha value is -1.86. The molecule has 0 aliphatic carbocycles. The zero-order valence-electron chi connectivity index (χ0n) is 9.98. The maximum absolute atomic E-state index is 11.9. The van der Waals surface area contributed by atoms with Crippen LogP contribution in [-0.2, 0) is 0 Å². The highest BCUT2D eigenvalue weighted by Gasteiger charge is 2.08. The van der Waals surface area contributed by atoms with Crippen molar-refractivity contribution in [2.75, 3.05) is 6.54 Å². The van der Waals surface area contributed by atoms with E-state index in [4.69, 9.17) is 5.26 Å². The Balaban J connectivity index is 1.91. The van der Waals surface area contributed by atoms with Crippen LogP contribution in [0.25, 0.3) is 10.1 Å². The van der Waals surface area contributed by atoms with Crippen molar-refractivity contribution in [2.45, 2.75) is 19.3 Å². The standard InChI is InChI=1S/C14H14N2OS/c15-8-4-1-5-9-16-14(17)13-10-11-6-2-3-7-12(11)18-13/h2-3,6-7,10H,1,4-5,9H2,(H,16,17). The summed E-state index contributed by atoms with van der Waals surface area (Å²) < 4.78 is 1.13. The van der Waals surface area contributed by atoms with Gasteiger partial charge in [0.05, 0.1) is 10.9 Å². The third-order valence-corrected chi connectivity index (χ3v) is 3.77. The van der Waals surface area contributed by atoms with Gasteiger partial charge in [0.15, 0.2) is 0 Å². The van der Waals surface area contributed by atoms with Crippen molar-refractivity contribution in [3.8, 4) is 6.07 Å². The SMILES string of the molecule is N#CCCCCNC(=O)c1cc2ccccc2s1. The van der Waals surface area contributed by atoms with Gasteiger partial charge in [0, 0.05) is 17.7 Å². The summed E-state index contributed by atoms with van der Waals surface area (Å²) in [5.74, 6) is -0.0202. The van der Waals surface area contributed by atoms with Gasteiger partial charge in [0.25, 0.3) is 5.91 Å². The largest absolute Gasteiger partial charge is 0.351 e. The molecule has 0 bridgehead atoms. The lowest BCUT2D eigenvalue weighted by Crippen LogP contribution is -2.23. The molecule has 2 rings (SSSR count). The van der Waals surface area contributed by atoms with Gasteiger partial charge in [-0.3, -0.25) is 4.79 Å². The molecule has 18 heavy (non-hydrogen) atoms. The molecule has 0 aliphatic rings. The maximum atomic E-state index is 11.9. The van der Waals surface area contributed by atoms with Gasteiger partial charge in [-0.05, 0) is 30.4 Å². The van der Waals surface area contributed by atoms with Gasteiger partial charge in [-0.25, -0.2) is 0 Å². The number of carbonyl (C=O) groups is 1. The molecular weight excluding hydrogens is 244 g/mol. The highest BCUT2D eigenvalue weighted by atomic mass is 32.1. The lowest BCUT2D eigenvalue weighted by Gasteiger charge is -2.01. The molecule has 0 saturated carbocycles. The average molecular weight is 258 g/mol. The van der Waals surface area contributed by atoms with Crippen molar-refractivity contribution in [3.63, 3.8) is 0 Å². The lowest BCUT2D eigenvalue weighted by atomic mass is 10.2. The number of nitrogens with one attached hydrogen (secondary N) is 1. The second-order valence-corrected chi connectivity index (χ2v) is 5.10. The molecule has 1 aromatic carbocycles. The van der Waals surface area contributed by atoms with Crippen molar-refractivity contribution in [1.82, 2.24) is 5.32 Å². The minimum Gasteiger partial charge on any atom is -0.351 e. The molecule has 1 aromatic heterocycles. The minimum atomic E-state index is -0.0202. The van der Waals surface area contributed by atoms with E-state index in [0.717, 1.165) is 27.8 Å². The van der Waals surface area contributed by atoms with E-state index in [1.807, 2.05) is 30.3 Å². The van der Waals surface area contributed by atoms with Gasteiger partial charge in [0.2, 0.25) is 0 Å². The molecule has 0 radical (unpaired) electrons. The zero-order chi connectivity index (χ0) is 12.8. The number of carbonyl (C=O) groups excluding carboxylic acids is 1. The number of nitrogens with zero attached hydrogens (tertiary/aromatic N) is 1. The van der Waals surface area contributed by atoms with Crippen LogP contribution in [0.3, 0.4) is 0 Å². The van der Waals surface area contributed by atoms with Crippen LogP contribution in [0.1, 0.15) is 28.9 Å². The third kappa shape index (κ3) is 3.08. The number of benzene rings is 1. The van der Waals surface area contributed by atoms with E-state index >= 15 is 0 Å². The zero-order valence-corrected chi connectivity index (χ0v) is 10.8. The Morgan fingerprint density at radius 1 is 1.33 bits per heavy atom. The average Bonchev–Trinajstić information content (AvgIpc) is 2.82. The van der Waals surface area contributed by atoms with Gasteiger partial charge < -0.3 is 5.32 Å². The molecule has 2 aromatic rings. The Morgan fingerprint density at radius 3 is 2.94 bits per heavy atom. The number of fused-ring (bicyclic) bond motifs is 1. The van der Waals surface area contributed by atoms with Crippen LogP contribution in [0.4, 0.5) is 0 Å². The Morgan fingerprint density at radius 2 is 2.17 bits per heavy atom. The van der Waals surface area contributed by atoms with Crippen LogP contribution in [0, 0.1) is 11.3 Å². The normalized spacial score (nSPS) is 10.2. The number of unbranched alkanes of at least 4 members (excludes halogenated alkanes) is 2. The van der Waals surface area contributed by atoms with E-state index in [0.29, 0.717) is 13.0 Å². The summed E-state index contributed by atoms with van der Waals surface area (Å²) in [5.41, 5.74) is 0. The van der Waals surface area contributed by atoms with E-state index in [-0.39, 0.29) is 5.91 Å². The lowest BCUT2D eigenvalue weighted by molar-refractivity contribution is 0.0957. The first-order valence-corrected chi connectivity index (χ1v) is 6.76. The molecule has 0 spiro atoms. The number of nitriles is 1. The van der Waals surface area contributed by atoms with E-state index in [1.54, 1.807) is 0 Å². The van der Waals surface area contributed by atoms with Crippen molar-refractivity contribution >= 4 is 27.3 Å². The molecule has 3 nitrogen and oxygen atoms in total. The van der Waals surface area contributed by atoms with E-state index < -0.39 is 0 Å². The van der Waals surface area contributed by atoms with E-state index in [9.17, 15) is 4.79 Å². The van der Waals surface area contributed by atoms with Crippen LogP contribution in [-0.4, -0.2) is 12.5 Å². The maximum Gasteiger partial charge on any atom is 0.261 e. The first kappa shape index (κ1) is 12.6. The van der Waals surface area contributed by atoms with E-state index in [2.05, 4.69) is 11.4 Å². The number of thiophene rings is 1. The summed E-state index contributed by atoms with van der Waals surface area (Å²) in [6.45, 7) is 0.634. The monoisotopic (exact) mass is 258 g/mol. The van der Waals surface area contributed by atoms with Crippen LogP contribution in [0.15, 0.2) is 30.3 Å². The van der Waals surface area contributed by atoms with Crippen molar-refractivity contribution in [2.24, 2.45) is 0 Å². The summed E-state index contributed by atoms with van der Waals surface area (Å²) in [5, 5.41) is 12.4. The summed E-state index contributed by atoms with van der Waals surface area (Å²) in [6.07, 6.45) is 2.24. The fourth-order valence-corrected chi connectivity index (χ4v) is 2.69. The Bertz CT molecular complexity index is 550. The molecule has 92 valence electrons. The Labute approximate surface area is 110 Å². The molecule has 0 atom stereocenters. The number of rotatable bonds is 5. The second kappa shape index (κ2) is 6.18. The minimum absolute atomic E-state index is 0.0202. The molecule has 0 fully saturated rings. The first-order chi connectivity index (χ1) is 8.81. The van der Waals surface area contributed by atoms with Crippen molar-refractivity contribution < 1.29 is 4.79 Å². The molecule has 0 aliphatic heterocycles. The quantitative estimate of drug-likeness (QED) is 0.836. The predicted octanol–water partition coefficient (Wildman–Crippen LogP) is 3.32. The molecule has 4 heteroatoms.